The summed E-state index contributed by atoms with van der Waals surface area (Å²) in [4.78, 5) is 15.0. The van der Waals surface area contributed by atoms with Gasteiger partial charge in [-0.3, -0.25) is 4.79 Å². The highest BCUT2D eigenvalue weighted by atomic mass is 35.5. The minimum absolute atomic E-state index is 0. The Balaban J connectivity index is 0.00000225. The maximum atomic E-state index is 12.9. The quantitative estimate of drug-likeness (QED) is 0.819. The summed E-state index contributed by atoms with van der Waals surface area (Å²) < 4.78 is 0. The highest BCUT2D eigenvalue weighted by Crippen LogP contribution is 2.28. The average Bonchev–Trinajstić information content (AvgIpc) is 3.06. The second-order valence-electron chi connectivity index (χ2n) is 7.47. The van der Waals surface area contributed by atoms with Gasteiger partial charge in [-0.2, -0.15) is 0 Å². The molecule has 0 radical (unpaired) electrons. The fraction of sp³-hybridized carbons (Fsp3) is 0.650. The number of likely N-dealkylation sites (tertiary alicyclic amines) is 1. The maximum absolute atomic E-state index is 12.9. The van der Waals surface area contributed by atoms with Crippen molar-refractivity contribution in [2.45, 2.75) is 51.5 Å². The second kappa shape index (κ2) is 9.80. The summed E-state index contributed by atoms with van der Waals surface area (Å²) >= 11 is 6.31. The van der Waals surface area contributed by atoms with Crippen molar-refractivity contribution in [3.63, 3.8) is 0 Å². The molecule has 5 heteroatoms. The molecule has 1 aromatic carbocycles. The maximum Gasteiger partial charge on any atom is 0.223 e. The van der Waals surface area contributed by atoms with Gasteiger partial charge in [-0.25, -0.2) is 0 Å². The van der Waals surface area contributed by atoms with E-state index in [2.05, 4.69) is 23.2 Å². The largest absolute Gasteiger partial charge is 0.339 e. The second-order valence-corrected chi connectivity index (χ2v) is 7.87. The first-order valence-corrected chi connectivity index (χ1v) is 9.76. The van der Waals surface area contributed by atoms with E-state index in [1.807, 2.05) is 18.2 Å². The molecule has 0 spiro atoms. The Bertz CT molecular complexity index is 560. The third kappa shape index (κ3) is 5.35. The van der Waals surface area contributed by atoms with E-state index in [0.29, 0.717) is 30.2 Å². The van der Waals surface area contributed by atoms with E-state index in [4.69, 9.17) is 11.6 Å². The van der Waals surface area contributed by atoms with Gasteiger partial charge in [-0.05, 0) is 68.7 Å². The summed E-state index contributed by atoms with van der Waals surface area (Å²) in [6.07, 6.45) is 6.26. The Hall–Kier alpha value is -0.770. The van der Waals surface area contributed by atoms with Crippen molar-refractivity contribution >= 4 is 29.9 Å². The van der Waals surface area contributed by atoms with E-state index in [1.54, 1.807) is 0 Å². The van der Waals surface area contributed by atoms with Crippen LogP contribution < -0.4 is 5.32 Å². The summed E-state index contributed by atoms with van der Waals surface area (Å²) in [5.74, 6) is 1.45. The number of halogens is 2. The van der Waals surface area contributed by atoms with Crippen LogP contribution in [0, 0.1) is 11.8 Å². The van der Waals surface area contributed by atoms with Crippen LogP contribution in [0.3, 0.4) is 0 Å². The first-order chi connectivity index (χ1) is 11.6. The predicted octanol–water partition coefficient (Wildman–Crippen LogP) is 4.32. The summed E-state index contributed by atoms with van der Waals surface area (Å²) in [6, 6.07) is 8.33. The molecule has 3 nitrogen and oxygen atoms in total. The number of piperidine rings is 1. The third-order valence-electron chi connectivity index (χ3n) is 5.75. The van der Waals surface area contributed by atoms with E-state index in [-0.39, 0.29) is 12.4 Å². The molecule has 2 heterocycles. The van der Waals surface area contributed by atoms with Gasteiger partial charge in [0.05, 0.1) is 0 Å². The van der Waals surface area contributed by atoms with E-state index in [1.165, 1.54) is 12.8 Å². The van der Waals surface area contributed by atoms with E-state index in [0.717, 1.165) is 49.5 Å². The molecule has 0 saturated carbocycles. The normalized spacial score (nSPS) is 24.6. The predicted molar refractivity (Wildman–Crippen MR) is 107 cm³/mol. The van der Waals surface area contributed by atoms with Gasteiger partial charge < -0.3 is 10.2 Å². The fourth-order valence-electron chi connectivity index (χ4n) is 4.22. The van der Waals surface area contributed by atoms with Crippen LogP contribution in [0.4, 0.5) is 0 Å². The molecule has 3 rings (SSSR count). The molecular weight excluding hydrogens is 355 g/mol. The van der Waals surface area contributed by atoms with Gasteiger partial charge in [-0.1, -0.05) is 36.7 Å². The first kappa shape index (κ1) is 20.5. The number of benzene rings is 1. The molecule has 1 aromatic rings. The van der Waals surface area contributed by atoms with Gasteiger partial charge in [0, 0.05) is 24.0 Å². The Morgan fingerprint density at radius 1 is 1.32 bits per heavy atom. The molecule has 25 heavy (non-hydrogen) atoms. The van der Waals surface area contributed by atoms with Crippen LogP contribution in [0.5, 0.6) is 0 Å². The summed E-state index contributed by atoms with van der Waals surface area (Å²) in [5.41, 5.74) is 1.16. The monoisotopic (exact) mass is 384 g/mol. The van der Waals surface area contributed by atoms with E-state index >= 15 is 0 Å². The number of nitrogens with one attached hydrogen (secondary N) is 1. The molecule has 0 bridgehead atoms. The number of hydrogen-bond acceptors (Lipinski definition) is 2. The number of hydrogen-bond donors (Lipinski definition) is 1. The molecule has 2 saturated heterocycles. The van der Waals surface area contributed by atoms with Crippen molar-refractivity contribution in [3.05, 3.63) is 34.9 Å². The summed E-state index contributed by atoms with van der Waals surface area (Å²) in [5, 5.41) is 4.28. The highest BCUT2D eigenvalue weighted by molar-refractivity contribution is 6.31. The first-order valence-electron chi connectivity index (χ1n) is 9.38. The van der Waals surface area contributed by atoms with Crippen LogP contribution in [0.2, 0.25) is 5.02 Å². The van der Waals surface area contributed by atoms with Crippen LogP contribution in [0.25, 0.3) is 0 Å². The van der Waals surface area contributed by atoms with E-state index in [9.17, 15) is 4.79 Å². The lowest BCUT2D eigenvalue weighted by Crippen LogP contribution is -2.40. The zero-order chi connectivity index (χ0) is 16.9. The Morgan fingerprint density at radius 3 is 2.84 bits per heavy atom. The van der Waals surface area contributed by atoms with Gasteiger partial charge >= 0.3 is 0 Å². The van der Waals surface area contributed by atoms with Crippen molar-refractivity contribution in [1.82, 2.24) is 10.2 Å². The molecule has 2 aliphatic heterocycles. The zero-order valence-electron chi connectivity index (χ0n) is 15.0. The summed E-state index contributed by atoms with van der Waals surface area (Å²) in [7, 11) is 0. The fourth-order valence-corrected chi connectivity index (χ4v) is 4.43. The Kier molecular flexibility index (Phi) is 8.05. The van der Waals surface area contributed by atoms with Crippen LogP contribution in [0.15, 0.2) is 24.3 Å². The molecule has 2 fully saturated rings. The molecule has 140 valence electrons. The third-order valence-corrected chi connectivity index (χ3v) is 6.12. The van der Waals surface area contributed by atoms with Gasteiger partial charge in [0.2, 0.25) is 5.91 Å². The van der Waals surface area contributed by atoms with Gasteiger partial charge in [-0.15, -0.1) is 12.4 Å². The molecule has 1 amide bonds. The Morgan fingerprint density at radius 2 is 2.12 bits per heavy atom. The minimum Gasteiger partial charge on any atom is -0.339 e. The van der Waals surface area contributed by atoms with Gasteiger partial charge in [0.15, 0.2) is 0 Å². The Labute approximate surface area is 162 Å². The van der Waals surface area contributed by atoms with Crippen LogP contribution in [-0.2, 0) is 11.2 Å². The molecule has 1 N–H and O–H groups in total. The average molecular weight is 385 g/mol. The topological polar surface area (TPSA) is 32.3 Å². The van der Waals surface area contributed by atoms with Crippen LogP contribution in [0.1, 0.15) is 44.6 Å². The number of amides is 1. The van der Waals surface area contributed by atoms with Crippen molar-refractivity contribution in [2.24, 2.45) is 11.8 Å². The molecule has 0 aliphatic carbocycles. The standard InChI is InChI=1S/C20H29ClN2O.ClH/c1-15(17-7-4-10-22-14-17)12-20(24)23-11-5-8-18(23)13-16-6-2-3-9-19(16)21;/h2-3,6,9,15,17-18,22H,4-5,7-8,10-14H2,1H3;1H. The van der Waals surface area contributed by atoms with Crippen molar-refractivity contribution < 1.29 is 4.79 Å². The molecule has 0 aromatic heterocycles. The number of carbonyl (C=O) groups excluding carboxylic acids is 1. The van der Waals surface area contributed by atoms with Crippen molar-refractivity contribution in [3.8, 4) is 0 Å². The lowest BCUT2D eigenvalue weighted by molar-refractivity contribution is -0.133. The van der Waals surface area contributed by atoms with Gasteiger partial charge in [0.25, 0.3) is 0 Å². The zero-order valence-corrected chi connectivity index (χ0v) is 16.6. The number of rotatable bonds is 5. The number of nitrogens with zero attached hydrogens (tertiary/aromatic N) is 1. The molecule has 3 atom stereocenters. The minimum atomic E-state index is 0. The SMILES string of the molecule is CC(CC(=O)N1CCCC1Cc1ccccc1Cl)C1CCCNC1.Cl. The van der Waals surface area contributed by atoms with Crippen LogP contribution in [-0.4, -0.2) is 36.5 Å². The molecule has 3 unspecified atom stereocenters. The molecular formula is C20H30Cl2N2O. The molecule has 2 aliphatic rings. The van der Waals surface area contributed by atoms with E-state index < -0.39 is 0 Å². The lowest BCUT2D eigenvalue weighted by Gasteiger charge is -2.31. The summed E-state index contributed by atoms with van der Waals surface area (Å²) in [6.45, 7) is 5.35. The smallest absolute Gasteiger partial charge is 0.223 e. The number of carbonyl (C=O) groups is 1. The van der Waals surface area contributed by atoms with Crippen molar-refractivity contribution in [1.29, 1.82) is 0 Å². The van der Waals surface area contributed by atoms with Gasteiger partial charge in [0.1, 0.15) is 0 Å². The van der Waals surface area contributed by atoms with Crippen molar-refractivity contribution in [2.75, 3.05) is 19.6 Å². The highest BCUT2D eigenvalue weighted by Gasteiger charge is 2.31. The van der Waals surface area contributed by atoms with Crippen LogP contribution >= 0.6 is 24.0 Å². The lowest BCUT2D eigenvalue weighted by atomic mass is 9.85.